The number of aryl methyl sites for hydroxylation is 6. The number of nitrogens with zero attached hydrogens (tertiary/aromatic N) is 24. The number of fused-ring (bicyclic) bond motifs is 5. The zero-order valence-electron chi connectivity index (χ0n) is 62.1. The summed E-state index contributed by atoms with van der Waals surface area (Å²) in [7, 11) is 7.04. The molecule has 0 saturated carbocycles. The molecule has 0 aliphatic heterocycles. The molecule has 0 saturated heterocycles. The molecule has 40 heteroatoms. The van der Waals surface area contributed by atoms with Crippen LogP contribution >= 0.6 is 34.0 Å². The summed E-state index contributed by atoms with van der Waals surface area (Å²) in [6, 6.07) is 11.3. The third-order valence-electron chi connectivity index (χ3n) is 17.3. The second-order valence-electron chi connectivity index (χ2n) is 25.9. The molecule has 36 nitrogen and oxygen atoms in total. The van der Waals surface area contributed by atoms with E-state index in [1.807, 2.05) is 157 Å². The van der Waals surface area contributed by atoms with E-state index in [0.29, 0.717) is 112 Å². The first-order valence-electron chi connectivity index (χ1n) is 35.0. The maximum absolute atomic E-state index is 12.6. The van der Waals surface area contributed by atoms with Crippen molar-refractivity contribution in [2.24, 2.45) is 56.9 Å². The average Bonchev–Trinajstić information content (AvgIpc) is 1.63. The fourth-order valence-corrected chi connectivity index (χ4v) is 16.6. The number of pyridine rings is 1. The maximum Gasteiger partial charge on any atom is 0.259 e. The van der Waals surface area contributed by atoms with E-state index in [4.69, 9.17) is 33.7 Å². The molecule has 1 amide bonds. The van der Waals surface area contributed by atoms with Crippen LogP contribution in [0.4, 0.5) is 44.1 Å². The highest BCUT2D eigenvalue weighted by Gasteiger charge is 2.25. The highest BCUT2D eigenvalue weighted by Crippen LogP contribution is 2.37. The summed E-state index contributed by atoms with van der Waals surface area (Å²) in [6.45, 7) is 5.62. The topological polar surface area (TPSA) is 463 Å². The number of sulfonamides is 1. The lowest BCUT2D eigenvalue weighted by molar-refractivity contribution is 0.100. The molecule has 0 spiro atoms. The molecule has 0 atom stereocenters. The summed E-state index contributed by atoms with van der Waals surface area (Å²) >= 11 is 3.99. The van der Waals surface area contributed by atoms with Gasteiger partial charge in [-0.3, -0.25) is 46.1 Å². The zero-order chi connectivity index (χ0) is 78.5. The standard InChI is InChI=1S/C19H24N8O2S2.C18H17N9S.C18H20N8OS.C17H18N8/c1-12-7-16(30-19(12)31(28,29)25(2)3)24-17-18-21-9-15(13-8-22-26(4)10-13)27(18)11-14(23-17)5-6-20;1-26-9-11(7-23-26)14-8-22-17-16(24-12(2-3-19)10-27(14)17)25-15-6-13-18(28-15)21-5-4-20-13;1-10-5-14(28-15(10)16(20)27)24-17-18-21-7-13(11-6-22-25(2)8-11)26(18)9-12(23-17)3-4-19;1-24-10-12(8-21-24)14-9-20-17-16(23-15-4-2-3-7-19-15)22-13(5-6-18)11-25(14)17/h7-11H,5-6,20H2,1-4H3,(H,23,24);4-10H,2-3,19H2,1H3,(H,24,25);5-9H,3-4,19H2,1-2H3,(H2,20,27)(H,23,24);2-4,7-11H,5-6,18H2,1H3,(H,19,22,23). The molecule has 17 aromatic heterocycles. The number of hydrogen-bond acceptors (Lipinski definition) is 29. The van der Waals surface area contributed by atoms with E-state index in [1.54, 1.807) is 75.1 Å². The number of thiophene rings is 3. The lowest BCUT2D eigenvalue weighted by atomic mass is 10.2. The van der Waals surface area contributed by atoms with Crippen LogP contribution < -0.4 is 49.9 Å². The number of amides is 1. The van der Waals surface area contributed by atoms with E-state index in [2.05, 4.69) is 91.5 Å². The molecule has 0 unspecified atom stereocenters. The van der Waals surface area contributed by atoms with Crippen LogP contribution in [0, 0.1) is 13.8 Å². The number of imidazole rings is 4. The zero-order valence-corrected chi connectivity index (χ0v) is 65.3. The number of aromatic nitrogens is 23. The molecule has 17 aromatic rings. The van der Waals surface area contributed by atoms with Crippen molar-refractivity contribution in [1.29, 1.82) is 0 Å². The summed E-state index contributed by atoms with van der Waals surface area (Å²) in [5.74, 6) is 2.74. The van der Waals surface area contributed by atoms with Gasteiger partial charge in [0.1, 0.15) is 20.4 Å². The Bertz CT molecular complexity index is 6290. The first-order chi connectivity index (χ1) is 54.1. The van der Waals surface area contributed by atoms with Gasteiger partial charge in [-0.2, -0.15) is 20.4 Å². The predicted octanol–water partition coefficient (Wildman–Crippen LogP) is 7.99. The van der Waals surface area contributed by atoms with Gasteiger partial charge in [0, 0.05) is 164 Å². The molecule has 0 radical (unpaired) electrons. The van der Waals surface area contributed by atoms with Crippen LogP contribution in [0.1, 0.15) is 43.6 Å². The minimum Gasteiger partial charge on any atom is -0.365 e. The number of hydrogen-bond donors (Lipinski definition) is 9. The van der Waals surface area contributed by atoms with Crippen molar-refractivity contribution in [1.82, 2.24) is 116 Å². The largest absolute Gasteiger partial charge is 0.365 e. The van der Waals surface area contributed by atoms with Crippen molar-refractivity contribution in [2.75, 3.05) is 61.5 Å². The predicted molar refractivity (Wildman–Crippen MR) is 434 cm³/mol. The molecule has 0 aromatic carbocycles. The maximum atomic E-state index is 12.6. The van der Waals surface area contributed by atoms with E-state index >= 15 is 0 Å². The van der Waals surface area contributed by atoms with Crippen molar-refractivity contribution >= 4 is 127 Å². The van der Waals surface area contributed by atoms with Gasteiger partial charge in [0.2, 0.25) is 0 Å². The van der Waals surface area contributed by atoms with E-state index in [9.17, 15) is 13.2 Å². The average molecular weight is 1580 g/mol. The van der Waals surface area contributed by atoms with Gasteiger partial charge < -0.3 is 49.9 Å². The third kappa shape index (κ3) is 16.4. The molecule has 112 heavy (non-hydrogen) atoms. The Morgan fingerprint density at radius 3 is 1.16 bits per heavy atom. The summed E-state index contributed by atoms with van der Waals surface area (Å²) in [6.07, 6.45) is 37.7. The number of anilines is 8. The van der Waals surface area contributed by atoms with E-state index in [-0.39, 0.29) is 0 Å². The Balaban J connectivity index is 0.000000124. The third-order valence-corrected chi connectivity index (χ3v) is 23.0. The van der Waals surface area contributed by atoms with Crippen molar-refractivity contribution in [3.05, 3.63) is 193 Å². The number of carbonyl (C=O) groups is 1. The number of primary amides is 1. The minimum absolute atomic E-state index is 0.300. The van der Waals surface area contributed by atoms with Crippen molar-refractivity contribution in [3.8, 4) is 45.0 Å². The van der Waals surface area contributed by atoms with Gasteiger partial charge in [-0.05, 0) is 75.4 Å². The Hall–Kier alpha value is -12.7. The summed E-state index contributed by atoms with van der Waals surface area (Å²) in [4.78, 5) is 62.9. The second-order valence-corrected chi connectivity index (χ2v) is 31.3. The first kappa shape index (κ1) is 76.1. The first-order valence-corrected chi connectivity index (χ1v) is 38.9. The van der Waals surface area contributed by atoms with Crippen LogP contribution in [-0.2, 0) is 63.9 Å². The smallest absolute Gasteiger partial charge is 0.259 e. The van der Waals surface area contributed by atoms with Gasteiger partial charge in [0.05, 0.1) is 115 Å². The van der Waals surface area contributed by atoms with Crippen molar-refractivity contribution in [2.45, 2.75) is 43.7 Å². The second kappa shape index (κ2) is 32.9. The Morgan fingerprint density at radius 1 is 0.446 bits per heavy atom. The fraction of sp³-hybridized carbons (Fsp3) is 0.222. The van der Waals surface area contributed by atoms with Crippen molar-refractivity contribution in [3.63, 3.8) is 0 Å². The van der Waals surface area contributed by atoms with Crippen LogP contribution in [0.15, 0.2) is 158 Å². The van der Waals surface area contributed by atoms with E-state index in [1.165, 1.54) is 52.4 Å². The van der Waals surface area contributed by atoms with Crippen LogP contribution in [-0.4, -0.2) is 170 Å². The van der Waals surface area contributed by atoms with E-state index < -0.39 is 15.9 Å². The number of nitrogens with one attached hydrogen (secondary N) is 4. The minimum atomic E-state index is -3.52. The Labute approximate surface area is 652 Å². The molecule has 0 fully saturated rings. The van der Waals surface area contributed by atoms with Crippen LogP contribution in [0.25, 0.3) is 78.0 Å². The highest BCUT2D eigenvalue weighted by molar-refractivity contribution is 7.91. The highest BCUT2D eigenvalue weighted by atomic mass is 32.2. The Morgan fingerprint density at radius 2 is 0.821 bits per heavy atom. The van der Waals surface area contributed by atoms with Gasteiger partial charge >= 0.3 is 0 Å². The van der Waals surface area contributed by atoms with Gasteiger partial charge in [-0.25, -0.2) is 62.6 Å². The Kier molecular flexibility index (Phi) is 22.3. The van der Waals surface area contributed by atoms with Gasteiger partial charge in [-0.1, -0.05) is 17.4 Å². The summed E-state index contributed by atoms with van der Waals surface area (Å²) in [5.41, 5.74) is 44.5. The number of carbonyl (C=O) groups excluding carboxylic acids is 1. The number of rotatable bonds is 23. The molecule has 574 valence electrons. The van der Waals surface area contributed by atoms with Crippen molar-refractivity contribution < 1.29 is 13.2 Å². The van der Waals surface area contributed by atoms with Crippen LogP contribution in [0.2, 0.25) is 0 Å². The van der Waals surface area contributed by atoms with Crippen LogP contribution in [0.3, 0.4) is 0 Å². The molecule has 17 rings (SSSR count). The molecule has 0 aliphatic carbocycles. The monoisotopic (exact) mass is 1580 g/mol. The van der Waals surface area contributed by atoms with Gasteiger partial charge in [0.15, 0.2) is 45.9 Å². The molecule has 14 N–H and O–H groups in total. The lowest BCUT2D eigenvalue weighted by Crippen LogP contribution is -2.21. The summed E-state index contributed by atoms with van der Waals surface area (Å²) in [5, 5.41) is 32.5. The molecular formula is C72H79N33O3S4. The molecule has 0 bridgehead atoms. The quantitative estimate of drug-likeness (QED) is 0.0293. The van der Waals surface area contributed by atoms with E-state index in [0.717, 1.165) is 105 Å². The molecule has 0 aliphatic rings. The molecular weight excluding hydrogens is 1500 g/mol. The normalized spacial score (nSPS) is 11.5. The summed E-state index contributed by atoms with van der Waals surface area (Å²) < 4.78 is 41.7. The van der Waals surface area contributed by atoms with Gasteiger partial charge in [-0.15, -0.1) is 22.7 Å². The van der Waals surface area contributed by atoms with Gasteiger partial charge in [0.25, 0.3) is 15.9 Å². The lowest BCUT2D eigenvalue weighted by Gasteiger charge is -2.10. The number of nitrogens with two attached hydrogens (primary N) is 5. The SMILES string of the molecule is Cc1cc(Nc2nc(CCN)cn3c(-c4cnn(C)c4)cnc23)sc1C(N)=O.Cc1cc(Nc2nc(CCN)cn3c(-c4cnn(C)c4)cnc23)sc1S(=O)(=O)N(C)C.Cn1cc(-c2cnc3c(Nc4cc5nccnc5s4)nc(CCN)cn23)cn1.Cn1cc(-c2cnc3c(Nc4ccccn4)nc(CCN)cn23)cn1. The molecule has 17 heterocycles. The fourth-order valence-electron chi connectivity index (χ4n) is 12.1. The van der Waals surface area contributed by atoms with Crippen LogP contribution in [0.5, 0.6) is 0 Å².